The molecule has 1 fully saturated rings. The molecule has 3 heterocycles. The third-order valence-corrected chi connectivity index (χ3v) is 4.63. The van der Waals surface area contributed by atoms with Gasteiger partial charge in [-0.15, -0.1) is 0 Å². The lowest BCUT2D eigenvalue weighted by Crippen LogP contribution is -2.15. The van der Waals surface area contributed by atoms with Crippen molar-refractivity contribution in [2.24, 2.45) is 0 Å². The summed E-state index contributed by atoms with van der Waals surface area (Å²) >= 11 is 1.87. The van der Waals surface area contributed by atoms with Crippen LogP contribution >= 0.6 is 11.8 Å². The van der Waals surface area contributed by atoms with E-state index in [0.717, 1.165) is 49.1 Å². The molecule has 1 saturated heterocycles. The first-order chi connectivity index (χ1) is 10.3. The van der Waals surface area contributed by atoms with Crippen molar-refractivity contribution in [3.05, 3.63) is 35.8 Å². The highest BCUT2D eigenvalue weighted by Gasteiger charge is 2.14. The summed E-state index contributed by atoms with van der Waals surface area (Å²) < 4.78 is 13.3. The van der Waals surface area contributed by atoms with Gasteiger partial charge in [-0.05, 0) is 31.4 Å². The van der Waals surface area contributed by atoms with Gasteiger partial charge in [0.25, 0.3) is 0 Å². The third kappa shape index (κ3) is 3.99. The molecule has 0 radical (unpaired) electrons. The van der Waals surface area contributed by atoms with Crippen molar-refractivity contribution in [2.45, 2.75) is 31.6 Å². The van der Waals surface area contributed by atoms with Gasteiger partial charge in [-0.3, -0.25) is 0 Å². The fourth-order valence-corrected chi connectivity index (χ4v) is 3.29. The van der Waals surface area contributed by atoms with Gasteiger partial charge in [-0.2, -0.15) is 11.8 Å². The number of hydrogen-bond donors (Lipinski definition) is 0. The third-order valence-electron chi connectivity index (χ3n) is 3.68. The summed E-state index contributed by atoms with van der Waals surface area (Å²) in [5.74, 6) is 1.93. The van der Waals surface area contributed by atoms with Crippen LogP contribution in [0.5, 0.6) is 0 Å². The zero-order valence-electron chi connectivity index (χ0n) is 12.5. The second-order valence-corrected chi connectivity index (χ2v) is 6.52. The second-order valence-electron chi connectivity index (χ2n) is 5.42. The van der Waals surface area contributed by atoms with Crippen LogP contribution in [-0.4, -0.2) is 41.1 Å². The van der Waals surface area contributed by atoms with Crippen LogP contribution in [0.1, 0.15) is 24.1 Å². The van der Waals surface area contributed by atoms with Crippen LogP contribution in [0.2, 0.25) is 0 Å². The average molecular weight is 306 g/mol. The highest BCUT2D eigenvalue weighted by molar-refractivity contribution is 7.98. The molecule has 0 N–H and O–H groups in total. The van der Waals surface area contributed by atoms with Gasteiger partial charge in [-0.1, -0.05) is 6.07 Å². The molecule has 0 unspecified atom stereocenters. The molecule has 0 aromatic carbocycles. The Morgan fingerprint density at radius 2 is 2.48 bits per heavy atom. The van der Waals surface area contributed by atoms with E-state index in [-0.39, 0.29) is 0 Å². The fraction of sp³-hybridized carbons (Fsp3) is 0.562. The Morgan fingerprint density at radius 1 is 1.52 bits per heavy atom. The predicted octanol–water partition coefficient (Wildman–Crippen LogP) is 3.07. The van der Waals surface area contributed by atoms with Gasteiger partial charge in [-0.25, -0.2) is 4.98 Å². The molecular weight excluding hydrogens is 284 g/mol. The van der Waals surface area contributed by atoms with E-state index in [1.165, 1.54) is 12.0 Å². The number of ether oxygens (including phenoxy) is 2. The molecule has 0 aliphatic carbocycles. The lowest BCUT2D eigenvalue weighted by atomic mass is 10.2. The maximum Gasteiger partial charge on any atom is 0.139 e. The van der Waals surface area contributed by atoms with Crippen LogP contribution in [0.15, 0.2) is 24.5 Å². The van der Waals surface area contributed by atoms with E-state index in [9.17, 15) is 0 Å². The Balaban J connectivity index is 1.37. The van der Waals surface area contributed by atoms with Crippen LogP contribution < -0.4 is 0 Å². The monoisotopic (exact) mass is 306 g/mol. The van der Waals surface area contributed by atoms with Gasteiger partial charge in [0.15, 0.2) is 0 Å². The minimum absolute atomic E-state index is 0.330. The van der Waals surface area contributed by atoms with Crippen LogP contribution in [-0.2, 0) is 15.2 Å². The summed E-state index contributed by atoms with van der Waals surface area (Å²) in [5.41, 5.74) is 3.41. The average Bonchev–Trinajstić information content (AvgIpc) is 3.12. The summed E-state index contributed by atoms with van der Waals surface area (Å²) in [5, 5.41) is 0. The normalized spacial score (nSPS) is 18.6. The van der Waals surface area contributed by atoms with Gasteiger partial charge in [0, 0.05) is 30.5 Å². The first-order valence-corrected chi connectivity index (χ1v) is 8.69. The van der Waals surface area contributed by atoms with Crippen LogP contribution in [0.25, 0.3) is 5.65 Å². The summed E-state index contributed by atoms with van der Waals surface area (Å²) in [6.45, 7) is 4.53. The summed E-state index contributed by atoms with van der Waals surface area (Å²) in [6, 6.07) is 4.15. The van der Waals surface area contributed by atoms with Crippen molar-refractivity contribution in [3.8, 4) is 0 Å². The van der Waals surface area contributed by atoms with E-state index in [0.29, 0.717) is 6.10 Å². The lowest BCUT2D eigenvalue weighted by molar-refractivity contribution is 0.0226. The number of hydrogen-bond acceptors (Lipinski definition) is 4. The first-order valence-electron chi connectivity index (χ1n) is 7.53. The van der Waals surface area contributed by atoms with Crippen molar-refractivity contribution in [2.75, 3.05) is 25.6 Å². The minimum Gasteiger partial charge on any atom is -0.378 e. The predicted molar refractivity (Wildman–Crippen MR) is 85.9 cm³/mol. The Morgan fingerprint density at radius 3 is 3.29 bits per heavy atom. The van der Waals surface area contributed by atoms with Gasteiger partial charge in [0.2, 0.25) is 0 Å². The standard InChI is InChI=1S/C16H22N2O2S/c1-13-4-2-6-18-10-14(17-16(13)18)12-21-9-8-19-11-15-5-3-7-20-15/h2,4,6,10,15H,3,5,7-9,11-12H2,1H3/t15-/m0/s1. The molecular formula is C16H22N2O2S. The smallest absolute Gasteiger partial charge is 0.139 e. The van der Waals surface area contributed by atoms with Crippen LogP contribution in [0, 0.1) is 6.92 Å². The number of rotatable bonds is 7. The van der Waals surface area contributed by atoms with Gasteiger partial charge >= 0.3 is 0 Å². The molecule has 5 heteroatoms. The molecule has 0 saturated carbocycles. The van der Waals surface area contributed by atoms with Crippen molar-refractivity contribution < 1.29 is 9.47 Å². The van der Waals surface area contributed by atoms with Crippen molar-refractivity contribution in [1.82, 2.24) is 9.38 Å². The van der Waals surface area contributed by atoms with Crippen molar-refractivity contribution in [1.29, 1.82) is 0 Å². The number of pyridine rings is 1. The summed E-state index contributed by atoms with van der Waals surface area (Å²) in [4.78, 5) is 4.67. The van der Waals surface area contributed by atoms with Crippen molar-refractivity contribution >= 4 is 17.4 Å². The number of imidazole rings is 1. The van der Waals surface area contributed by atoms with E-state index in [1.54, 1.807) is 0 Å². The first kappa shape index (κ1) is 14.9. The SMILES string of the molecule is Cc1cccn2cc(CSCCOC[C@@H]3CCCO3)nc12. The molecule has 21 heavy (non-hydrogen) atoms. The van der Waals surface area contributed by atoms with Gasteiger partial charge in [0.05, 0.1) is 25.0 Å². The van der Waals surface area contributed by atoms with E-state index in [2.05, 4.69) is 34.6 Å². The molecule has 0 spiro atoms. The van der Waals surface area contributed by atoms with E-state index in [1.807, 2.05) is 18.0 Å². The maximum absolute atomic E-state index is 5.66. The van der Waals surface area contributed by atoms with E-state index < -0.39 is 0 Å². The quantitative estimate of drug-likeness (QED) is 0.737. The molecule has 114 valence electrons. The zero-order valence-corrected chi connectivity index (χ0v) is 13.3. The molecule has 3 rings (SSSR count). The topological polar surface area (TPSA) is 35.8 Å². The summed E-state index contributed by atoms with van der Waals surface area (Å²) in [6.07, 6.45) is 6.82. The molecule has 0 bridgehead atoms. The number of aryl methyl sites for hydroxylation is 1. The Labute approximate surface area is 129 Å². The van der Waals surface area contributed by atoms with E-state index >= 15 is 0 Å². The molecule has 1 aliphatic heterocycles. The fourth-order valence-electron chi connectivity index (χ4n) is 2.56. The van der Waals surface area contributed by atoms with E-state index in [4.69, 9.17) is 9.47 Å². The highest BCUT2D eigenvalue weighted by atomic mass is 32.2. The van der Waals surface area contributed by atoms with Crippen LogP contribution in [0.4, 0.5) is 0 Å². The molecule has 1 atom stereocenters. The molecule has 1 aliphatic rings. The van der Waals surface area contributed by atoms with Crippen LogP contribution in [0.3, 0.4) is 0 Å². The van der Waals surface area contributed by atoms with Gasteiger partial charge < -0.3 is 13.9 Å². The number of thioether (sulfide) groups is 1. The Bertz CT molecular complexity index is 579. The second kappa shape index (κ2) is 7.29. The Kier molecular flexibility index (Phi) is 5.17. The lowest BCUT2D eigenvalue weighted by Gasteiger charge is -2.09. The summed E-state index contributed by atoms with van der Waals surface area (Å²) in [7, 11) is 0. The minimum atomic E-state index is 0.330. The molecule has 2 aromatic rings. The Hall–Kier alpha value is -1.04. The largest absolute Gasteiger partial charge is 0.378 e. The molecule has 0 amide bonds. The molecule has 2 aromatic heterocycles. The number of nitrogens with zero attached hydrogens (tertiary/aromatic N) is 2. The molecule has 4 nitrogen and oxygen atoms in total. The van der Waals surface area contributed by atoms with Crippen molar-refractivity contribution in [3.63, 3.8) is 0 Å². The van der Waals surface area contributed by atoms with Gasteiger partial charge in [0.1, 0.15) is 5.65 Å². The maximum atomic E-state index is 5.66. The number of fused-ring (bicyclic) bond motifs is 1. The zero-order chi connectivity index (χ0) is 14.5. The number of aromatic nitrogens is 2. The highest BCUT2D eigenvalue weighted by Crippen LogP contribution is 2.15.